The Hall–Kier alpha value is -2.60. The summed E-state index contributed by atoms with van der Waals surface area (Å²) in [7, 11) is 0. The molecule has 1 aliphatic rings. The third-order valence-electron chi connectivity index (χ3n) is 5.71. The van der Waals surface area contributed by atoms with Crippen LogP contribution in [0.25, 0.3) is 17.1 Å². The van der Waals surface area contributed by atoms with Crippen molar-refractivity contribution in [2.24, 2.45) is 0 Å². The van der Waals surface area contributed by atoms with Crippen LogP contribution < -0.4 is 5.32 Å². The van der Waals surface area contributed by atoms with E-state index in [1.165, 1.54) is 24.8 Å². The van der Waals surface area contributed by atoms with Crippen LogP contribution in [0.15, 0.2) is 59.8 Å². The predicted octanol–water partition coefficient (Wildman–Crippen LogP) is 5.56. The Labute approximate surface area is 188 Å². The van der Waals surface area contributed by atoms with Gasteiger partial charge in [-0.05, 0) is 38.3 Å². The summed E-state index contributed by atoms with van der Waals surface area (Å²) in [6.45, 7) is 2.08. The largest absolute Gasteiger partial charge is 0.353 e. The lowest BCUT2D eigenvalue weighted by atomic mass is 9.95. The number of aromatic nitrogens is 3. The molecule has 0 aliphatic heterocycles. The lowest BCUT2D eigenvalue weighted by Gasteiger charge is -2.22. The number of rotatable bonds is 8. The highest BCUT2D eigenvalue weighted by atomic mass is 32.2. The van der Waals surface area contributed by atoms with Crippen molar-refractivity contribution < 1.29 is 4.79 Å². The molecule has 2 aromatic carbocycles. The van der Waals surface area contributed by atoms with E-state index in [0.29, 0.717) is 12.5 Å². The number of nitrogens with zero attached hydrogens (tertiary/aromatic N) is 3. The topological polar surface area (TPSA) is 59.8 Å². The Morgan fingerprint density at radius 1 is 1.03 bits per heavy atom. The molecular formula is C25H30N4OS. The highest BCUT2D eigenvalue weighted by molar-refractivity contribution is 7.99. The molecule has 1 aromatic heterocycles. The third-order valence-corrected chi connectivity index (χ3v) is 6.72. The number of aryl methyl sites for hydroxylation is 1. The van der Waals surface area contributed by atoms with Crippen molar-refractivity contribution in [2.45, 2.75) is 63.1 Å². The van der Waals surface area contributed by atoms with Gasteiger partial charge in [-0.25, -0.2) is 0 Å². The second-order valence-electron chi connectivity index (χ2n) is 8.20. The van der Waals surface area contributed by atoms with Gasteiger partial charge in [-0.2, -0.15) is 0 Å². The molecule has 31 heavy (non-hydrogen) atoms. The van der Waals surface area contributed by atoms with E-state index >= 15 is 0 Å². The predicted molar refractivity (Wildman–Crippen MR) is 127 cm³/mol. The molecule has 5 nitrogen and oxygen atoms in total. The molecular weight excluding hydrogens is 404 g/mol. The third kappa shape index (κ3) is 5.76. The summed E-state index contributed by atoms with van der Waals surface area (Å²) in [5.74, 6) is 1.85. The standard InChI is InChI=1S/C25H30N4OS/c1-19-14-16-20(17-15-19)24-27-28-25(29(24)22-11-6-3-7-12-22)31-18-8-13-23(30)26-21-9-4-2-5-10-21/h3,6-7,11-12,14-17,21H,2,4-5,8-10,13,18H2,1H3,(H,26,30). The van der Waals surface area contributed by atoms with E-state index in [1.807, 2.05) is 18.2 Å². The Balaban J connectivity index is 1.41. The molecule has 0 atom stereocenters. The highest BCUT2D eigenvalue weighted by Gasteiger charge is 2.17. The first-order chi connectivity index (χ1) is 15.2. The van der Waals surface area contributed by atoms with E-state index in [1.54, 1.807) is 11.8 Å². The fraction of sp³-hybridized carbons (Fsp3) is 0.400. The summed E-state index contributed by atoms with van der Waals surface area (Å²) in [5, 5.41) is 13.0. The second-order valence-corrected chi connectivity index (χ2v) is 9.26. The average molecular weight is 435 g/mol. The fourth-order valence-electron chi connectivity index (χ4n) is 4.01. The van der Waals surface area contributed by atoms with Gasteiger partial charge in [0.1, 0.15) is 0 Å². The Morgan fingerprint density at radius 2 is 1.77 bits per heavy atom. The first-order valence-electron chi connectivity index (χ1n) is 11.2. The van der Waals surface area contributed by atoms with E-state index in [0.717, 1.165) is 47.2 Å². The minimum Gasteiger partial charge on any atom is -0.353 e. The van der Waals surface area contributed by atoms with Crippen molar-refractivity contribution >= 4 is 17.7 Å². The minimum absolute atomic E-state index is 0.178. The summed E-state index contributed by atoms with van der Waals surface area (Å²) in [5.41, 5.74) is 3.30. The summed E-state index contributed by atoms with van der Waals surface area (Å²) >= 11 is 1.66. The molecule has 1 N–H and O–H groups in total. The normalized spacial score (nSPS) is 14.5. The minimum atomic E-state index is 0.178. The van der Waals surface area contributed by atoms with Gasteiger partial charge < -0.3 is 5.32 Å². The smallest absolute Gasteiger partial charge is 0.220 e. The number of thioether (sulfide) groups is 1. The van der Waals surface area contributed by atoms with Crippen LogP contribution in [0.4, 0.5) is 0 Å². The number of carbonyl (C=O) groups excluding carboxylic acids is 1. The van der Waals surface area contributed by atoms with Gasteiger partial charge in [0.15, 0.2) is 11.0 Å². The summed E-state index contributed by atoms with van der Waals surface area (Å²) in [6.07, 6.45) is 7.41. The number of para-hydroxylation sites is 1. The van der Waals surface area contributed by atoms with Crippen LogP contribution >= 0.6 is 11.8 Å². The Kier molecular flexibility index (Phi) is 7.41. The maximum absolute atomic E-state index is 12.3. The number of hydrogen-bond donors (Lipinski definition) is 1. The summed E-state index contributed by atoms with van der Waals surface area (Å²) in [6, 6.07) is 19.0. The lowest BCUT2D eigenvalue weighted by Crippen LogP contribution is -2.36. The van der Waals surface area contributed by atoms with Gasteiger partial charge >= 0.3 is 0 Å². The van der Waals surface area contributed by atoms with Crippen LogP contribution in [0.5, 0.6) is 0 Å². The van der Waals surface area contributed by atoms with Crippen molar-refractivity contribution in [2.75, 3.05) is 5.75 Å². The SMILES string of the molecule is Cc1ccc(-c2nnc(SCCCC(=O)NC3CCCCC3)n2-c2ccccc2)cc1. The molecule has 3 aromatic rings. The van der Waals surface area contributed by atoms with E-state index < -0.39 is 0 Å². The quantitative estimate of drug-likeness (QED) is 0.372. The molecule has 0 unspecified atom stereocenters. The van der Waals surface area contributed by atoms with Crippen molar-refractivity contribution in [3.63, 3.8) is 0 Å². The molecule has 1 heterocycles. The Morgan fingerprint density at radius 3 is 2.52 bits per heavy atom. The van der Waals surface area contributed by atoms with E-state index in [-0.39, 0.29) is 5.91 Å². The van der Waals surface area contributed by atoms with Gasteiger partial charge in [-0.15, -0.1) is 10.2 Å². The molecule has 1 saturated carbocycles. The maximum Gasteiger partial charge on any atom is 0.220 e. The van der Waals surface area contributed by atoms with Crippen LogP contribution in [0.2, 0.25) is 0 Å². The molecule has 4 rings (SSSR count). The van der Waals surface area contributed by atoms with Crippen LogP contribution in [0.1, 0.15) is 50.5 Å². The first kappa shape index (κ1) is 21.6. The maximum atomic E-state index is 12.3. The Bertz CT molecular complexity index is 979. The average Bonchev–Trinajstić information content (AvgIpc) is 3.22. The van der Waals surface area contributed by atoms with Gasteiger partial charge in [0.25, 0.3) is 0 Å². The lowest BCUT2D eigenvalue weighted by molar-refractivity contribution is -0.122. The fourth-order valence-corrected chi connectivity index (χ4v) is 4.90. The monoisotopic (exact) mass is 434 g/mol. The molecule has 6 heteroatoms. The zero-order valence-corrected chi connectivity index (χ0v) is 18.9. The van der Waals surface area contributed by atoms with E-state index in [4.69, 9.17) is 0 Å². The molecule has 1 aliphatic carbocycles. The summed E-state index contributed by atoms with van der Waals surface area (Å²) < 4.78 is 2.11. The van der Waals surface area contributed by atoms with Crippen molar-refractivity contribution in [3.05, 3.63) is 60.2 Å². The number of amides is 1. The van der Waals surface area contributed by atoms with Crippen LogP contribution in [0.3, 0.4) is 0 Å². The van der Waals surface area contributed by atoms with Crippen LogP contribution in [-0.2, 0) is 4.79 Å². The number of hydrogen-bond acceptors (Lipinski definition) is 4. The van der Waals surface area contributed by atoms with Crippen molar-refractivity contribution in [1.29, 1.82) is 0 Å². The van der Waals surface area contributed by atoms with Gasteiger partial charge in [0, 0.05) is 29.5 Å². The summed E-state index contributed by atoms with van der Waals surface area (Å²) in [4.78, 5) is 12.3. The van der Waals surface area contributed by atoms with Gasteiger partial charge in [0.05, 0.1) is 0 Å². The second kappa shape index (κ2) is 10.6. The molecule has 0 spiro atoms. The van der Waals surface area contributed by atoms with Crippen LogP contribution in [0, 0.1) is 6.92 Å². The van der Waals surface area contributed by atoms with Crippen molar-refractivity contribution in [1.82, 2.24) is 20.1 Å². The van der Waals surface area contributed by atoms with Gasteiger partial charge in [-0.3, -0.25) is 9.36 Å². The molecule has 162 valence electrons. The van der Waals surface area contributed by atoms with Gasteiger partial charge in [-0.1, -0.05) is 79.1 Å². The molecule has 1 amide bonds. The molecule has 0 radical (unpaired) electrons. The van der Waals surface area contributed by atoms with E-state index in [9.17, 15) is 4.79 Å². The zero-order chi connectivity index (χ0) is 21.5. The number of benzene rings is 2. The highest BCUT2D eigenvalue weighted by Crippen LogP contribution is 2.28. The first-order valence-corrected chi connectivity index (χ1v) is 12.2. The van der Waals surface area contributed by atoms with Crippen molar-refractivity contribution in [3.8, 4) is 17.1 Å². The molecule has 0 saturated heterocycles. The molecule has 0 bridgehead atoms. The zero-order valence-electron chi connectivity index (χ0n) is 18.1. The van der Waals surface area contributed by atoms with Gasteiger partial charge in [0.2, 0.25) is 5.91 Å². The molecule has 1 fully saturated rings. The van der Waals surface area contributed by atoms with Crippen LogP contribution in [-0.4, -0.2) is 32.5 Å². The number of nitrogens with one attached hydrogen (secondary N) is 1. The number of carbonyl (C=O) groups is 1. The van der Waals surface area contributed by atoms with E-state index in [2.05, 4.69) is 63.4 Å².